The normalized spacial score (nSPS) is 12.1. The quantitative estimate of drug-likeness (QED) is 0.426. The average Bonchev–Trinajstić information content (AvgIpc) is 2.19. The molecule has 1 rings (SSSR count). The zero-order valence-electron chi connectivity index (χ0n) is 8.33. The van der Waals surface area contributed by atoms with E-state index in [-0.39, 0.29) is 6.04 Å². The first-order valence-corrected chi connectivity index (χ1v) is 4.61. The summed E-state index contributed by atoms with van der Waals surface area (Å²) in [6.07, 6.45) is 6.71. The van der Waals surface area contributed by atoms with Gasteiger partial charge < -0.3 is 0 Å². The van der Waals surface area contributed by atoms with Crippen molar-refractivity contribution in [1.29, 1.82) is 0 Å². The van der Waals surface area contributed by atoms with Crippen LogP contribution in [0.5, 0.6) is 0 Å². The summed E-state index contributed by atoms with van der Waals surface area (Å²) in [7, 11) is 0. The molecule has 0 radical (unpaired) electrons. The van der Waals surface area contributed by atoms with Gasteiger partial charge >= 0.3 is 0 Å². The minimum absolute atomic E-state index is 0.0472. The molecule has 3 N–H and O–H groups in total. The van der Waals surface area contributed by atoms with Crippen molar-refractivity contribution in [3.63, 3.8) is 0 Å². The lowest BCUT2D eigenvalue weighted by atomic mass is 10.1. The van der Waals surface area contributed by atoms with Crippen LogP contribution in [0.15, 0.2) is 18.2 Å². The number of nitrogens with zero attached hydrogens (tertiary/aromatic N) is 1. The molecular formula is C11H15N3. The third-order valence-corrected chi connectivity index (χ3v) is 2.05. The van der Waals surface area contributed by atoms with Crippen molar-refractivity contribution in [2.45, 2.75) is 25.8 Å². The number of terminal acetylenes is 1. The first-order chi connectivity index (χ1) is 6.77. The van der Waals surface area contributed by atoms with Crippen LogP contribution in [-0.4, -0.2) is 4.98 Å². The molecule has 14 heavy (non-hydrogen) atoms. The van der Waals surface area contributed by atoms with E-state index in [1.807, 2.05) is 25.1 Å². The van der Waals surface area contributed by atoms with Gasteiger partial charge in [0.15, 0.2) is 0 Å². The molecule has 0 saturated heterocycles. The molecule has 0 amide bonds. The van der Waals surface area contributed by atoms with Gasteiger partial charge in [-0.3, -0.25) is 16.3 Å². The highest BCUT2D eigenvalue weighted by molar-refractivity contribution is 5.13. The Morgan fingerprint density at radius 1 is 1.64 bits per heavy atom. The predicted octanol–water partition coefficient (Wildman–Crippen LogP) is 1.31. The highest BCUT2D eigenvalue weighted by atomic mass is 15.2. The van der Waals surface area contributed by atoms with Crippen LogP contribution in [0, 0.1) is 19.3 Å². The molecule has 74 valence electrons. The van der Waals surface area contributed by atoms with Crippen molar-refractivity contribution in [3.8, 4) is 12.3 Å². The van der Waals surface area contributed by atoms with Crippen LogP contribution >= 0.6 is 0 Å². The SMILES string of the molecule is C#CCCC(NN)c1cccc(C)n1. The van der Waals surface area contributed by atoms with E-state index in [0.29, 0.717) is 6.42 Å². The van der Waals surface area contributed by atoms with E-state index in [2.05, 4.69) is 16.3 Å². The molecule has 0 bridgehead atoms. The van der Waals surface area contributed by atoms with E-state index in [1.165, 1.54) is 0 Å². The largest absolute Gasteiger partial charge is 0.271 e. The molecule has 1 atom stereocenters. The van der Waals surface area contributed by atoms with Crippen molar-refractivity contribution in [1.82, 2.24) is 10.4 Å². The summed E-state index contributed by atoms with van der Waals surface area (Å²) in [6, 6.07) is 5.93. The zero-order valence-corrected chi connectivity index (χ0v) is 8.33. The molecule has 1 unspecified atom stereocenters. The van der Waals surface area contributed by atoms with E-state index in [9.17, 15) is 0 Å². The van der Waals surface area contributed by atoms with Crippen molar-refractivity contribution in [3.05, 3.63) is 29.6 Å². The average molecular weight is 189 g/mol. The van der Waals surface area contributed by atoms with Gasteiger partial charge in [-0.15, -0.1) is 12.3 Å². The first kappa shape index (κ1) is 10.7. The van der Waals surface area contributed by atoms with Crippen LogP contribution in [0.1, 0.15) is 30.3 Å². The lowest BCUT2D eigenvalue weighted by molar-refractivity contribution is 0.511. The number of hydrogen-bond donors (Lipinski definition) is 2. The third-order valence-electron chi connectivity index (χ3n) is 2.05. The third kappa shape index (κ3) is 2.84. The van der Waals surface area contributed by atoms with Gasteiger partial charge in [-0.05, 0) is 25.5 Å². The molecule has 1 aromatic rings. The molecule has 1 heterocycles. The van der Waals surface area contributed by atoms with E-state index >= 15 is 0 Å². The maximum atomic E-state index is 5.44. The first-order valence-electron chi connectivity index (χ1n) is 4.61. The Balaban J connectivity index is 2.74. The van der Waals surface area contributed by atoms with Crippen molar-refractivity contribution < 1.29 is 0 Å². The van der Waals surface area contributed by atoms with Crippen LogP contribution in [0.3, 0.4) is 0 Å². The molecule has 0 spiro atoms. The standard InChI is InChI=1S/C11H15N3/c1-3-4-7-11(14-12)10-8-5-6-9(2)13-10/h1,5-6,8,11,14H,4,7,12H2,2H3. The van der Waals surface area contributed by atoms with Crippen LogP contribution in [0.4, 0.5) is 0 Å². The fraction of sp³-hybridized carbons (Fsp3) is 0.364. The molecule has 0 aliphatic rings. The number of nitrogens with two attached hydrogens (primary N) is 1. The van der Waals surface area contributed by atoms with E-state index in [0.717, 1.165) is 17.8 Å². The van der Waals surface area contributed by atoms with Gasteiger partial charge in [0.2, 0.25) is 0 Å². The number of hydrogen-bond acceptors (Lipinski definition) is 3. The molecule has 0 aliphatic carbocycles. The van der Waals surface area contributed by atoms with Gasteiger partial charge in [0.1, 0.15) is 0 Å². The Bertz CT molecular complexity index is 328. The van der Waals surface area contributed by atoms with Gasteiger partial charge in [-0.2, -0.15) is 0 Å². The van der Waals surface area contributed by atoms with E-state index < -0.39 is 0 Å². The van der Waals surface area contributed by atoms with Crippen LogP contribution in [0.25, 0.3) is 0 Å². The fourth-order valence-electron chi connectivity index (χ4n) is 1.30. The molecule has 3 nitrogen and oxygen atoms in total. The summed E-state index contributed by atoms with van der Waals surface area (Å²) in [5, 5.41) is 0. The van der Waals surface area contributed by atoms with Crippen LogP contribution in [-0.2, 0) is 0 Å². The monoisotopic (exact) mass is 189 g/mol. The summed E-state index contributed by atoms with van der Waals surface area (Å²) >= 11 is 0. The lowest BCUT2D eigenvalue weighted by Gasteiger charge is -2.14. The number of nitrogens with one attached hydrogen (secondary N) is 1. The summed E-state index contributed by atoms with van der Waals surface area (Å²) in [4.78, 5) is 4.39. The minimum Gasteiger partial charge on any atom is -0.271 e. The second kappa shape index (κ2) is 5.38. The second-order valence-corrected chi connectivity index (χ2v) is 3.17. The Morgan fingerprint density at radius 2 is 2.43 bits per heavy atom. The summed E-state index contributed by atoms with van der Waals surface area (Å²) in [5.74, 6) is 8.03. The molecule has 1 aromatic heterocycles. The summed E-state index contributed by atoms with van der Waals surface area (Å²) in [5.41, 5.74) is 4.66. The van der Waals surface area contributed by atoms with E-state index in [1.54, 1.807) is 0 Å². The topological polar surface area (TPSA) is 50.9 Å². The predicted molar refractivity (Wildman–Crippen MR) is 57.1 cm³/mol. The lowest BCUT2D eigenvalue weighted by Crippen LogP contribution is -2.28. The molecule has 0 fully saturated rings. The van der Waals surface area contributed by atoms with Crippen molar-refractivity contribution >= 4 is 0 Å². The molecule has 0 saturated carbocycles. The van der Waals surface area contributed by atoms with Crippen molar-refractivity contribution in [2.24, 2.45) is 5.84 Å². The molecule has 0 aromatic carbocycles. The van der Waals surface area contributed by atoms with E-state index in [4.69, 9.17) is 12.3 Å². The number of aryl methyl sites for hydroxylation is 1. The van der Waals surface area contributed by atoms with Gasteiger partial charge in [0.25, 0.3) is 0 Å². The zero-order chi connectivity index (χ0) is 10.4. The second-order valence-electron chi connectivity index (χ2n) is 3.17. The molecule has 3 heteroatoms. The summed E-state index contributed by atoms with van der Waals surface area (Å²) < 4.78 is 0. The Labute approximate surface area is 84.7 Å². The smallest absolute Gasteiger partial charge is 0.0641 e. The van der Waals surface area contributed by atoms with Crippen LogP contribution in [0.2, 0.25) is 0 Å². The van der Waals surface area contributed by atoms with Crippen molar-refractivity contribution in [2.75, 3.05) is 0 Å². The Kier molecular flexibility index (Phi) is 4.11. The van der Waals surface area contributed by atoms with Gasteiger partial charge in [-0.25, -0.2) is 0 Å². The van der Waals surface area contributed by atoms with Crippen LogP contribution < -0.4 is 11.3 Å². The van der Waals surface area contributed by atoms with Gasteiger partial charge in [0, 0.05) is 12.1 Å². The minimum atomic E-state index is 0.0472. The fourth-order valence-corrected chi connectivity index (χ4v) is 1.30. The number of rotatable bonds is 4. The summed E-state index contributed by atoms with van der Waals surface area (Å²) in [6.45, 7) is 1.96. The maximum Gasteiger partial charge on any atom is 0.0641 e. The highest BCUT2D eigenvalue weighted by Gasteiger charge is 2.09. The highest BCUT2D eigenvalue weighted by Crippen LogP contribution is 2.15. The number of hydrazine groups is 1. The molecular weight excluding hydrogens is 174 g/mol. The van der Waals surface area contributed by atoms with Gasteiger partial charge in [0.05, 0.1) is 11.7 Å². The maximum absolute atomic E-state index is 5.44. The van der Waals surface area contributed by atoms with Gasteiger partial charge in [-0.1, -0.05) is 6.07 Å². The Morgan fingerprint density at radius 3 is 3.00 bits per heavy atom. The number of aromatic nitrogens is 1. The Hall–Kier alpha value is -1.37. The number of pyridine rings is 1. The molecule has 0 aliphatic heterocycles.